The summed E-state index contributed by atoms with van der Waals surface area (Å²) in [4.78, 5) is 31.6. The maximum atomic E-state index is 13.0. The van der Waals surface area contributed by atoms with E-state index in [1.165, 1.54) is 16.8 Å². The molecule has 1 atom stereocenters. The normalized spacial score (nSPS) is 19.7. The summed E-state index contributed by atoms with van der Waals surface area (Å²) in [5, 5.41) is 0. The minimum atomic E-state index is -0.210. The monoisotopic (exact) mass is 391 g/mol. The number of piperazine rings is 1. The smallest absolute Gasteiger partial charge is 0.228 e. The van der Waals surface area contributed by atoms with Crippen LogP contribution in [0.3, 0.4) is 0 Å². The third-order valence-electron chi connectivity index (χ3n) is 6.11. The third kappa shape index (κ3) is 4.29. The Bertz CT molecular complexity index is 885. The molecule has 4 rings (SSSR count). The molecular weight excluding hydrogens is 362 g/mol. The van der Waals surface area contributed by atoms with Gasteiger partial charge in [-0.1, -0.05) is 48.0 Å². The molecule has 0 aromatic heterocycles. The minimum Gasteiger partial charge on any atom is -0.368 e. The number of aryl methyl sites for hydroxylation is 2. The van der Waals surface area contributed by atoms with Crippen molar-refractivity contribution in [2.24, 2.45) is 5.92 Å². The number of carbonyl (C=O) groups excluding carboxylic acids is 2. The van der Waals surface area contributed by atoms with Gasteiger partial charge in [0.25, 0.3) is 0 Å². The summed E-state index contributed by atoms with van der Waals surface area (Å²) in [5.74, 6) is 0.00891. The van der Waals surface area contributed by atoms with Gasteiger partial charge in [0, 0.05) is 51.4 Å². The molecule has 2 amide bonds. The van der Waals surface area contributed by atoms with Gasteiger partial charge >= 0.3 is 0 Å². The summed E-state index contributed by atoms with van der Waals surface area (Å²) in [7, 11) is 0. The first-order chi connectivity index (χ1) is 14.0. The first kappa shape index (κ1) is 19.5. The van der Waals surface area contributed by atoms with Gasteiger partial charge in [-0.05, 0) is 31.0 Å². The Hall–Kier alpha value is -2.82. The van der Waals surface area contributed by atoms with Gasteiger partial charge in [-0.2, -0.15) is 0 Å². The van der Waals surface area contributed by atoms with Crippen molar-refractivity contribution in [3.05, 3.63) is 65.2 Å². The lowest BCUT2D eigenvalue weighted by Gasteiger charge is -2.37. The molecular formula is C24H29N3O2. The van der Waals surface area contributed by atoms with Gasteiger partial charge in [0.05, 0.1) is 5.92 Å². The predicted molar refractivity (Wildman–Crippen MR) is 115 cm³/mol. The SMILES string of the molecule is Cc1ccc(CN2CC(C(=O)N3CCN(c4ccccc4C)CC3)CC2=O)cc1. The van der Waals surface area contributed by atoms with Crippen LogP contribution in [0.4, 0.5) is 5.69 Å². The highest BCUT2D eigenvalue weighted by Crippen LogP contribution is 2.25. The van der Waals surface area contributed by atoms with Gasteiger partial charge < -0.3 is 14.7 Å². The second-order valence-corrected chi connectivity index (χ2v) is 8.26. The maximum absolute atomic E-state index is 13.0. The molecule has 0 aliphatic carbocycles. The van der Waals surface area contributed by atoms with Gasteiger partial charge in [0.1, 0.15) is 0 Å². The van der Waals surface area contributed by atoms with Crippen LogP contribution in [-0.4, -0.2) is 54.3 Å². The van der Waals surface area contributed by atoms with Crippen molar-refractivity contribution in [1.29, 1.82) is 0 Å². The lowest BCUT2D eigenvalue weighted by atomic mass is 10.1. The number of amides is 2. The van der Waals surface area contributed by atoms with Gasteiger partial charge in [-0.25, -0.2) is 0 Å². The molecule has 1 unspecified atom stereocenters. The van der Waals surface area contributed by atoms with Crippen LogP contribution in [0.2, 0.25) is 0 Å². The van der Waals surface area contributed by atoms with Crippen LogP contribution < -0.4 is 4.90 Å². The molecule has 0 bridgehead atoms. The molecule has 2 aliphatic heterocycles. The molecule has 2 aromatic rings. The summed E-state index contributed by atoms with van der Waals surface area (Å²) in [6.45, 7) is 8.41. The van der Waals surface area contributed by atoms with E-state index in [1.54, 1.807) is 0 Å². The van der Waals surface area contributed by atoms with E-state index in [0.717, 1.165) is 31.7 Å². The number of likely N-dealkylation sites (tertiary alicyclic amines) is 1. The fourth-order valence-electron chi connectivity index (χ4n) is 4.35. The lowest BCUT2D eigenvalue weighted by Crippen LogP contribution is -2.50. The van der Waals surface area contributed by atoms with Crippen LogP contribution in [0.15, 0.2) is 48.5 Å². The quantitative estimate of drug-likeness (QED) is 0.805. The average Bonchev–Trinajstić information content (AvgIpc) is 3.10. The summed E-state index contributed by atoms with van der Waals surface area (Å²) < 4.78 is 0. The number of rotatable bonds is 4. The number of benzene rings is 2. The van der Waals surface area contributed by atoms with Crippen LogP contribution in [0.1, 0.15) is 23.1 Å². The molecule has 2 saturated heterocycles. The largest absolute Gasteiger partial charge is 0.368 e. The zero-order chi connectivity index (χ0) is 20.4. The van der Waals surface area contributed by atoms with Crippen molar-refractivity contribution in [1.82, 2.24) is 9.80 Å². The van der Waals surface area contributed by atoms with Crippen molar-refractivity contribution >= 4 is 17.5 Å². The zero-order valence-corrected chi connectivity index (χ0v) is 17.3. The maximum Gasteiger partial charge on any atom is 0.228 e. The van der Waals surface area contributed by atoms with E-state index in [2.05, 4.69) is 67.3 Å². The van der Waals surface area contributed by atoms with Crippen molar-refractivity contribution < 1.29 is 9.59 Å². The van der Waals surface area contributed by atoms with E-state index in [1.807, 2.05) is 9.80 Å². The van der Waals surface area contributed by atoms with Gasteiger partial charge in [-0.3, -0.25) is 9.59 Å². The van der Waals surface area contributed by atoms with E-state index in [0.29, 0.717) is 19.5 Å². The Kier molecular flexibility index (Phi) is 5.56. The molecule has 5 heteroatoms. The second kappa shape index (κ2) is 8.27. The van der Waals surface area contributed by atoms with Crippen LogP contribution >= 0.6 is 0 Å². The third-order valence-corrected chi connectivity index (χ3v) is 6.11. The van der Waals surface area contributed by atoms with Crippen molar-refractivity contribution in [3.8, 4) is 0 Å². The van der Waals surface area contributed by atoms with Gasteiger partial charge in [0.15, 0.2) is 0 Å². The Labute approximate surface area is 172 Å². The molecule has 5 nitrogen and oxygen atoms in total. The molecule has 2 fully saturated rings. The standard InChI is InChI=1S/C24H29N3O2/c1-18-7-9-20(10-8-18)16-27-17-21(15-23(27)28)24(29)26-13-11-25(12-14-26)22-6-4-3-5-19(22)2/h3-10,21H,11-17H2,1-2H3. The Morgan fingerprint density at radius 1 is 0.966 bits per heavy atom. The number of para-hydroxylation sites is 1. The highest BCUT2D eigenvalue weighted by atomic mass is 16.2. The molecule has 2 aromatic carbocycles. The summed E-state index contributed by atoms with van der Waals surface area (Å²) in [6, 6.07) is 16.6. The Morgan fingerprint density at radius 3 is 2.34 bits per heavy atom. The number of hydrogen-bond donors (Lipinski definition) is 0. The Balaban J connectivity index is 1.33. The minimum absolute atomic E-state index is 0.0856. The van der Waals surface area contributed by atoms with E-state index in [4.69, 9.17) is 0 Å². The highest BCUT2D eigenvalue weighted by Gasteiger charge is 2.37. The molecule has 0 saturated carbocycles. The zero-order valence-electron chi connectivity index (χ0n) is 17.3. The highest BCUT2D eigenvalue weighted by molar-refractivity contribution is 5.89. The first-order valence-corrected chi connectivity index (χ1v) is 10.4. The van der Waals surface area contributed by atoms with Crippen LogP contribution in [0.5, 0.6) is 0 Å². The number of nitrogens with zero attached hydrogens (tertiary/aromatic N) is 3. The molecule has 152 valence electrons. The fraction of sp³-hybridized carbons (Fsp3) is 0.417. The predicted octanol–water partition coefficient (Wildman–Crippen LogP) is 3.00. The van der Waals surface area contributed by atoms with Gasteiger partial charge in [-0.15, -0.1) is 0 Å². The van der Waals surface area contributed by atoms with Crippen molar-refractivity contribution in [2.75, 3.05) is 37.6 Å². The number of anilines is 1. The Morgan fingerprint density at radius 2 is 1.66 bits per heavy atom. The van der Waals surface area contributed by atoms with Gasteiger partial charge in [0.2, 0.25) is 11.8 Å². The lowest BCUT2D eigenvalue weighted by molar-refractivity contribution is -0.136. The number of carbonyl (C=O) groups is 2. The summed E-state index contributed by atoms with van der Waals surface area (Å²) in [5.41, 5.74) is 4.84. The van der Waals surface area contributed by atoms with Crippen LogP contribution in [0, 0.1) is 19.8 Å². The van der Waals surface area contributed by atoms with Crippen LogP contribution in [0.25, 0.3) is 0 Å². The number of hydrogen-bond acceptors (Lipinski definition) is 3. The summed E-state index contributed by atoms with van der Waals surface area (Å²) in [6.07, 6.45) is 0.336. The summed E-state index contributed by atoms with van der Waals surface area (Å²) >= 11 is 0. The van der Waals surface area contributed by atoms with E-state index >= 15 is 0 Å². The van der Waals surface area contributed by atoms with Crippen molar-refractivity contribution in [3.63, 3.8) is 0 Å². The van der Waals surface area contributed by atoms with Crippen molar-refractivity contribution in [2.45, 2.75) is 26.8 Å². The first-order valence-electron chi connectivity index (χ1n) is 10.4. The fourth-order valence-corrected chi connectivity index (χ4v) is 4.35. The molecule has 29 heavy (non-hydrogen) atoms. The second-order valence-electron chi connectivity index (χ2n) is 8.26. The molecule has 0 radical (unpaired) electrons. The molecule has 2 aliphatic rings. The molecule has 0 spiro atoms. The topological polar surface area (TPSA) is 43.9 Å². The van der Waals surface area contributed by atoms with E-state index in [-0.39, 0.29) is 17.7 Å². The van der Waals surface area contributed by atoms with Crippen LogP contribution in [-0.2, 0) is 16.1 Å². The van der Waals surface area contributed by atoms with E-state index < -0.39 is 0 Å². The van der Waals surface area contributed by atoms with E-state index in [9.17, 15) is 9.59 Å². The average molecular weight is 392 g/mol. The molecule has 2 heterocycles. The molecule has 0 N–H and O–H groups in total.